The van der Waals surface area contributed by atoms with Crippen LogP contribution in [0.5, 0.6) is 0 Å². The van der Waals surface area contributed by atoms with Gasteiger partial charge in [0, 0.05) is 19.3 Å². The van der Waals surface area contributed by atoms with E-state index >= 15 is 0 Å². The van der Waals surface area contributed by atoms with Crippen LogP contribution < -0.4 is 0 Å². The molecule has 2 unspecified atom stereocenters. The molecule has 1 aliphatic heterocycles. The maximum atomic E-state index is 12.5. The van der Waals surface area contributed by atoms with Gasteiger partial charge in [0.15, 0.2) is 5.03 Å². The summed E-state index contributed by atoms with van der Waals surface area (Å²) in [7, 11) is -3.51. The van der Waals surface area contributed by atoms with Crippen molar-refractivity contribution in [3.63, 3.8) is 0 Å². The fraction of sp³-hybridized carbons (Fsp3) is 0.615. The van der Waals surface area contributed by atoms with Crippen molar-refractivity contribution in [2.45, 2.75) is 31.9 Å². The quantitative estimate of drug-likeness (QED) is 0.906. The van der Waals surface area contributed by atoms with Crippen LogP contribution in [0.1, 0.15) is 25.8 Å². The summed E-state index contributed by atoms with van der Waals surface area (Å²) >= 11 is 0. The Labute approximate surface area is 114 Å². The smallest absolute Gasteiger partial charge is 0.260 e. The number of rotatable bonds is 3. The van der Waals surface area contributed by atoms with Crippen LogP contribution >= 0.6 is 0 Å². The molecule has 1 fully saturated rings. The number of hydrogen-bond acceptors (Lipinski definition) is 4. The van der Waals surface area contributed by atoms with Gasteiger partial charge in [0.2, 0.25) is 0 Å². The standard InChI is InChI=1S/C13H20N2O3S/c1-10-5-11(2)8-15(7-10)19(17,18)13-4-3-12(9-16)6-14-13/h3-4,6,10-11,16H,5,7-9H2,1-2H3. The van der Waals surface area contributed by atoms with E-state index in [4.69, 9.17) is 5.11 Å². The minimum Gasteiger partial charge on any atom is -0.392 e. The van der Waals surface area contributed by atoms with Gasteiger partial charge in [-0.25, -0.2) is 13.4 Å². The summed E-state index contributed by atoms with van der Waals surface area (Å²) in [5.41, 5.74) is 0.610. The average molecular weight is 284 g/mol. The van der Waals surface area contributed by atoms with Gasteiger partial charge in [0.05, 0.1) is 6.61 Å². The second-order valence-electron chi connectivity index (χ2n) is 5.43. The number of pyridine rings is 1. The number of nitrogens with zero attached hydrogens (tertiary/aromatic N) is 2. The van der Waals surface area contributed by atoms with Gasteiger partial charge in [0.25, 0.3) is 10.0 Å². The molecular formula is C13H20N2O3S. The lowest BCUT2D eigenvalue weighted by atomic mass is 9.94. The van der Waals surface area contributed by atoms with Crippen LogP contribution in [0.4, 0.5) is 0 Å². The first kappa shape index (κ1) is 14.4. The van der Waals surface area contributed by atoms with E-state index in [1.807, 2.05) is 0 Å². The van der Waals surface area contributed by atoms with Crippen LogP contribution in [0.25, 0.3) is 0 Å². The van der Waals surface area contributed by atoms with Crippen LogP contribution in [0, 0.1) is 11.8 Å². The lowest BCUT2D eigenvalue weighted by Gasteiger charge is -2.33. The molecule has 1 saturated heterocycles. The van der Waals surface area contributed by atoms with E-state index in [-0.39, 0.29) is 11.6 Å². The Hall–Kier alpha value is -0.980. The summed E-state index contributed by atoms with van der Waals surface area (Å²) in [6.45, 7) is 5.11. The largest absolute Gasteiger partial charge is 0.392 e. The van der Waals surface area contributed by atoms with Gasteiger partial charge in [-0.1, -0.05) is 19.9 Å². The van der Waals surface area contributed by atoms with E-state index in [0.717, 1.165) is 6.42 Å². The highest BCUT2D eigenvalue weighted by Crippen LogP contribution is 2.25. The Morgan fingerprint density at radius 1 is 1.32 bits per heavy atom. The van der Waals surface area contributed by atoms with E-state index in [2.05, 4.69) is 18.8 Å². The summed E-state index contributed by atoms with van der Waals surface area (Å²) in [5.74, 6) is 0.741. The van der Waals surface area contributed by atoms with E-state index in [9.17, 15) is 8.42 Å². The number of aromatic nitrogens is 1. The van der Waals surface area contributed by atoms with Crippen LogP contribution in [0.15, 0.2) is 23.4 Å². The van der Waals surface area contributed by atoms with Crippen LogP contribution in [-0.2, 0) is 16.6 Å². The lowest BCUT2D eigenvalue weighted by molar-refractivity contribution is 0.222. The zero-order valence-electron chi connectivity index (χ0n) is 11.3. The molecule has 0 amide bonds. The van der Waals surface area contributed by atoms with Crippen molar-refractivity contribution in [2.75, 3.05) is 13.1 Å². The van der Waals surface area contributed by atoms with E-state index < -0.39 is 10.0 Å². The summed E-state index contributed by atoms with van der Waals surface area (Å²) in [6, 6.07) is 3.06. The third-order valence-electron chi connectivity index (χ3n) is 3.42. The molecule has 106 valence electrons. The molecule has 2 rings (SSSR count). The minimum atomic E-state index is -3.51. The first-order valence-corrected chi connectivity index (χ1v) is 7.93. The number of sulfonamides is 1. The Morgan fingerprint density at radius 3 is 2.42 bits per heavy atom. The van der Waals surface area contributed by atoms with Crippen molar-refractivity contribution in [1.82, 2.24) is 9.29 Å². The van der Waals surface area contributed by atoms with Crippen molar-refractivity contribution < 1.29 is 13.5 Å². The predicted octanol–water partition coefficient (Wildman–Crippen LogP) is 1.24. The maximum absolute atomic E-state index is 12.5. The Morgan fingerprint density at radius 2 is 1.95 bits per heavy atom. The molecular weight excluding hydrogens is 264 g/mol. The summed E-state index contributed by atoms with van der Waals surface area (Å²) in [5, 5.41) is 9.01. The molecule has 19 heavy (non-hydrogen) atoms. The molecule has 0 saturated carbocycles. The molecule has 0 bridgehead atoms. The molecule has 1 aliphatic rings. The summed E-state index contributed by atoms with van der Waals surface area (Å²) in [4.78, 5) is 3.96. The topological polar surface area (TPSA) is 70.5 Å². The molecule has 0 aromatic carbocycles. The first-order valence-electron chi connectivity index (χ1n) is 6.49. The highest BCUT2D eigenvalue weighted by atomic mass is 32.2. The summed E-state index contributed by atoms with van der Waals surface area (Å²) in [6.07, 6.45) is 2.46. The number of aliphatic hydroxyl groups excluding tert-OH is 1. The molecule has 0 aliphatic carbocycles. The molecule has 1 aromatic heterocycles. The second kappa shape index (κ2) is 5.56. The second-order valence-corrected chi connectivity index (χ2v) is 7.32. The van der Waals surface area contributed by atoms with Crippen LogP contribution in [0.3, 0.4) is 0 Å². The van der Waals surface area contributed by atoms with Crippen molar-refractivity contribution >= 4 is 10.0 Å². The van der Waals surface area contributed by atoms with E-state index in [0.29, 0.717) is 30.5 Å². The minimum absolute atomic E-state index is 0.0611. The molecule has 0 radical (unpaired) electrons. The normalized spacial score (nSPS) is 25.4. The van der Waals surface area contributed by atoms with Gasteiger partial charge < -0.3 is 5.11 Å². The zero-order valence-corrected chi connectivity index (χ0v) is 12.1. The highest BCUT2D eigenvalue weighted by molar-refractivity contribution is 7.89. The van der Waals surface area contributed by atoms with Crippen molar-refractivity contribution in [2.24, 2.45) is 11.8 Å². The number of piperidine rings is 1. The Kier molecular flexibility index (Phi) is 4.23. The van der Waals surface area contributed by atoms with Gasteiger partial charge in [-0.3, -0.25) is 0 Å². The monoisotopic (exact) mass is 284 g/mol. The van der Waals surface area contributed by atoms with Crippen LogP contribution in [-0.4, -0.2) is 35.9 Å². The van der Waals surface area contributed by atoms with Crippen LogP contribution in [0.2, 0.25) is 0 Å². The molecule has 1 N–H and O–H groups in total. The number of aliphatic hydroxyl groups is 1. The van der Waals surface area contributed by atoms with Gasteiger partial charge >= 0.3 is 0 Å². The maximum Gasteiger partial charge on any atom is 0.260 e. The van der Waals surface area contributed by atoms with E-state index in [1.54, 1.807) is 6.07 Å². The van der Waals surface area contributed by atoms with Gasteiger partial charge in [-0.05, 0) is 29.9 Å². The fourth-order valence-electron chi connectivity index (χ4n) is 2.59. The SMILES string of the molecule is CC1CC(C)CN(S(=O)(=O)c2ccc(CO)cn2)C1. The third-order valence-corrected chi connectivity index (χ3v) is 5.17. The molecule has 5 nitrogen and oxygen atoms in total. The van der Waals surface area contributed by atoms with Crippen molar-refractivity contribution in [1.29, 1.82) is 0 Å². The number of hydrogen-bond donors (Lipinski definition) is 1. The molecule has 2 atom stereocenters. The highest BCUT2D eigenvalue weighted by Gasteiger charge is 2.32. The molecule has 6 heteroatoms. The van der Waals surface area contributed by atoms with Gasteiger partial charge in [-0.15, -0.1) is 0 Å². The fourth-order valence-corrected chi connectivity index (χ4v) is 4.18. The van der Waals surface area contributed by atoms with Gasteiger partial charge in [-0.2, -0.15) is 4.31 Å². The van der Waals surface area contributed by atoms with Crippen molar-refractivity contribution in [3.05, 3.63) is 23.9 Å². The zero-order chi connectivity index (χ0) is 14.0. The Bertz CT molecular complexity index is 517. The first-order chi connectivity index (χ1) is 8.93. The van der Waals surface area contributed by atoms with Crippen molar-refractivity contribution in [3.8, 4) is 0 Å². The third kappa shape index (κ3) is 3.13. The summed E-state index contributed by atoms with van der Waals surface area (Å²) < 4.78 is 26.5. The molecule has 2 heterocycles. The molecule has 0 spiro atoms. The Balaban J connectivity index is 2.25. The predicted molar refractivity (Wildman–Crippen MR) is 71.9 cm³/mol. The lowest BCUT2D eigenvalue weighted by Crippen LogP contribution is -2.42. The van der Waals surface area contributed by atoms with Gasteiger partial charge in [0.1, 0.15) is 0 Å². The molecule has 1 aromatic rings. The van der Waals surface area contributed by atoms with E-state index in [1.165, 1.54) is 16.6 Å². The average Bonchev–Trinajstić information content (AvgIpc) is 2.37.